The first kappa shape index (κ1) is 18.6. The molecule has 1 saturated heterocycles. The molecule has 2 aromatic carbocycles. The number of carbonyl (C=O) groups is 1. The lowest BCUT2D eigenvalue weighted by Crippen LogP contribution is -2.42. The zero-order valence-corrected chi connectivity index (χ0v) is 15.3. The minimum absolute atomic E-state index is 0.220. The second-order valence-electron chi connectivity index (χ2n) is 7.02. The Labute approximate surface area is 156 Å². The van der Waals surface area contributed by atoms with Gasteiger partial charge in [0.2, 0.25) is 0 Å². The van der Waals surface area contributed by atoms with Crippen LogP contribution in [0.15, 0.2) is 60.7 Å². The van der Waals surface area contributed by atoms with Crippen LogP contribution in [0.4, 0.5) is 5.69 Å². The average Bonchev–Trinajstić information content (AvgIpc) is 2.72. The summed E-state index contributed by atoms with van der Waals surface area (Å²) in [7, 11) is 0. The van der Waals surface area contributed by atoms with Crippen molar-refractivity contribution in [1.82, 2.24) is 4.90 Å². The van der Waals surface area contributed by atoms with Gasteiger partial charge in [0.15, 0.2) is 0 Å². The van der Waals surface area contributed by atoms with Gasteiger partial charge in [0, 0.05) is 18.8 Å². The number of rotatable bonds is 7. The monoisotopic (exact) mass is 352 g/mol. The fourth-order valence-corrected chi connectivity index (χ4v) is 3.63. The summed E-state index contributed by atoms with van der Waals surface area (Å²) in [6.45, 7) is 3.50. The molecule has 0 bridgehead atoms. The Kier molecular flexibility index (Phi) is 6.81. The van der Waals surface area contributed by atoms with E-state index < -0.39 is 6.61 Å². The highest BCUT2D eigenvalue weighted by atomic mass is 16.3. The first-order valence-electron chi connectivity index (χ1n) is 9.49. The number of hydrogen-bond acceptors (Lipinski definition) is 3. The molecule has 1 fully saturated rings. The van der Waals surface area contributed by atoms with Crippen LogP contribution in [-0.2, 0) is 11.2 Å². The van der Waals surface area contributed by atoms with Gasteiger partial charge in [-0.3, -0.25) is 4.79 Å². The Bertz CT molecular complexity index is 667. The molecular formula is C22H28N2O2. The summed E-state index contributed by atoms with van der Waals surface area (Å²) in [6.07, 6.45) is 3.28. The molecule has 4 heteroatoms. The van der Waals surface area contributed by atoms with Gasteiger partial charge in [-0.15, -0.1) is 0 Å². The molecule has 2 aromatic rings. The molecule has 0 saturated carbocycles. The summed E-state index contributed by atoms with van der Waals surface area (Å²) in [4.78, 5) is 16.4. The summed E-state index contributed by atoms with van der Waals surface area (Å²) in [5.74, 6) is 0.265. The molecule has 1 aliphatic rings. The first-order chi connectivity index (χ1) is 12.8. The van der Waals surface area contributed by atoms with Crippen molar-refractivity contribution in [3.8, 4) is 0 Å². The van der Waals surface area contributed by atoms with Gasteiger partial charge in [-0.2, -0.15) is 0 Å². The molecule has 26 heavy (non-hydrogen) atoms. The number of para-hydroxylation sites is 1. The Morgan fingerprint density at radius 1 is 1.00 bits per heavy atom. The molecule has 138 valence electrons. The van der Waals surface area contributed by atoms with Crippen molar-refractivity contribution < 1.29 is 9.90 Å². The molecule has 0 radical (unpaired) electrons. The van der Waals surface area contributed by atoms with Gasteiger partial charge in [0.05, 0.1) is 0 Å². The Balaban J connectivity index is 1.49. The summed E-state index contributed by atoms with van der Waals surface area (Å²) in [6, 6.07) is 20.3. The summed E-state index contributed by atoms with van der Waals surface area (Å²) < 4.78 is 0. The quantitative estimate of drug-likeness (QED) is 0.833. The summed E-state index contributed by atoms with van der Waals surface area (Å²) in [5.41, 5.74) is 2.26. The molecule has 1 N–H and O–H groups in total. The normalized spacial score (nSPS) is 15.7. The van der Waals surface area contributed by atoms with E-state index in [-0.39, 0.29) is 5.91 Å². The number of likely N-dealkylation sites (tertiary alicyclic amines) is 1. The van der Waals surface area contributed by atoms with E-state index in [4.69, 9.17) is 0 Å². The van der Waals surface area contributed by atoms with E-state index in [1.165, 1.54) is 5.56 Å². The smallest absolute Gasteiger partial charge is 0.252 e. The predicted octanol–water partition coefficient (Wildman–Crippen LogP) is 2.97. The van der Waals surface area contributed by atoms with Crippen LogP contribution in [0, 0.1) is 5.92 Å². The van der Waals surface area contributed by atoms with Crippen molar-refractivity contribution in [3.63, 3.8) is 0 Å². The number of piperidine rings is 1. The lowest BCUT2D eigenvalue weighted by Gasteiger charge is -2.35. The highest BCUT2D eigenvalue weighted by molar-refractivity contribution is 5.94. The molecule has 1 heterocycles. The van der Waals surface area contributed by atoms with Crippen LogP contribution in [0.25, 0.3) is 0 Å². The van der Waals surface area contributed by atoms with E-state index >= 15 is 0 Å². The van der Waals surface area contributed by atoms with E-state index in [0.717, 1.165) is 44.6 Å². The first-order valence-corrected chi connectivity index (χ1v) is 9.49. The molecule has 4 nitrogen and oxygen atoms in total. The average molecular weight is 352 g/mol. The summed E-state index contributed by atoms with van der Waals surface area (Å²) >= 11 is 0. The lowest BCUT2D eigenvalue weighted by atomic mass is 9.95. The molecule has 0 aliphatic carbocycles. The van der Waals surface area contributed by atoms with Gasteiger partial charge in [-0.25, -0.2) is 0 Å². The number of aliphatic hydroxyl groups excluding tert-OH is 1. The highest BCUT2D eigenvalue weighted by Crippen LogP contribution is 2.22. The van der Waals surface area contributed by atoms with Crippen molar-refractivity contribution in [3.05, 3.63) is 66.2 Å². The van der Waals surface area contributed by atoms with Crippen LogP contribution in [-0.4, -0.2) is 48.7 Å². The maximum atomic E-state index is 12.2. The lowest BCUT2D eigenvalue weighted by molar-refractivity contribution is -0.121. The van der Waals surface area contributed by atoms with Crippen molar-refractivity contribution in [2.75, 3.05) is 37.7 Å². The van der Waals surface area contributed by atoms with E-state index in [1.54, 1.807) is 4.90 Å². The minimum Gasteiger partial charge on any atom is -0.387 e. The van der Waals surface area contributed by atoms with Crippen LogP contribution in [0.2, 0.25) is 0 Å². The third-order valence-electron chi connectivity index (χ3n) is 5.21. The number of benzene rings is 2. The number of carbonyl (C=O) groups excluding carboxylic acids is 1. The Morgan fingerprint density at radius 2 is 1.62 bits per heavy atom. The largest absolute Gasteiger partial charge is 0.387 e. The Morgan fingerprint density at radius 3 is 2.23 bits per heavy atom. The van der Waals surface area contributed by atoms with E-state index in [9.17, 15) is 9.90 Å². The number of anilines is 1. The van der Waals surface area contributed by atoms with E-state index in [1.807, 2.05) is 30.3 Å². The molecule has 0 spiro atoms. The van der Waals surface area contributed by atoms with Crippen molar-refractivity contribution in [1.29, 1.82) is 0 Å². The number of nitrogens with zero attached hydrogens (tertiary/aromatic N) is 2. The SMILES string of the molecule is O=C(CO)N(CC1CCN(CCc2ccccc2)CC1)c1ccccc1. The maximum absolute atomic E-state index is 12.2. The second-order valence-corrected chi connectivity index (χ2v) is 7.02. The van der Waals surface area contributed by atoms with Crippen LogP contribution >= 0.6 is 0 Å². The molecule has 0 aromatic heterocycles. The molecule has 1 aliphatic heterocycles. The van der Waals surface area contributed by atoms with Crippen LogP contribution in [0.1, 0.15) is 18.4 Å². The zero-order valence-electron chi connectivity index (χ0n) is 15.3. The molecule has 3 rings (SSSR count). The van der Waals surface area contributed by atoms with Gasteiger partial charge in [0.1, 0.15) is 6.61 Å². The van der Waals surface area contributed by atoms with E-state index in [2.05, 4.69) is 35.2 Å². The zero-order chi connectivity index (χ0) is 18.2. The summed E-state index contributed by atoms with van der Waals surface area (Å²) in [5, 5.41) is 9.32. The van der Waals surface area contributed by atoms with Crippen LogP contribution in [0.5, 0.6) is 0 Å². The van der Waals surface area contributed by atoms with Gasteiger partial charge in [0.25, 0.3) is 5.91 Å². The number of hydrogen-bond donors (Lipinski definition) is 1. The third-order valence-corrected chi connectivity index (χ3v) is 5.21. The van der Waals surface area contributed by atoms with Gasteiger partial charge in [-0.05, 0) is 56.0 Å². The molecule has 0 unspecified atom stereocenters. The molecular weight excluding hydrogens is 324 g/mol. The van der Waals surface area contributed by atoms with Gasteiger partial charge < -0.3 is 14.9 Å². The molecule has 1 amide bonds. The number of aliphatic hydroxyl groups is 1. The van der Waals surface area contributed by atoms with Gasteiger partial charge >= 0.3 is 0 Å². The Hall–Kier alpha value is -2.17. The van der Waals surface area contributed by atoms with Crippen molar-refractivity contribution in [2.45, 2.75) is 19.3 Å². The van der Waals surface area contributed by atoms with Crippen LogP contribution < -0.4 is 4.90 Å². The molecule has 0 atom stereocenters. The third kappa shape index (κ3) is 5.16. The minimum atomic E-state index is -0.440. The van der Waals surface area contributed by atoms with Crippen molar-refractivity contribution in [2.24, 2.45) is 5.92 Å². The predicted molar refractivity (Wildman–Crippen MR) is 105 cm³/mol. The maximum Gasteiger partial charge on any atom is 0.252 e. The fourth-order valence-electron chi connectivity index (χ4n) is 3.63. The van der Waals surface area contributed by atoms with Gasteiger partial charge in [-0.1, -0.05) is 48.5 Å². The topological polar surface area (TPSA) is 43.8 Å². The standard InChI is InChI=1S/C22H28N2O2/c25-18-22(26)24(21-9-5-2-6-10-21)17-20-12-15-23(16-13-20)14-11-19-7-3-1-4-8-19/h1-10,20,25H,11-18H2. The highest BCUT2D eigenvalue weighted by Gasteiger charge is 2.24. The fraction of sp³-hybridized carbons (Fsp3) is 0.409. The van der Waals surface area contributed by atoms with Crippen LogP contribution in [0.3, 0.4) is 0 Å². The number of amides is 1. The second kappa shape index (κ2) is 9.51. The van der Waals surface area contributed by atoms with Crippen molar-refractivity contribution >= 4 is 11.6 Å². The van der Waals surface area contributed by atoms with E-state index in [0.29, 0.717) is 12.5 Å².